The van der Waals surface area contributed by atoms with E-state index in [0.29, 0.717) is 12.0 Å². The van der Waals surface area contributed by atoms with E-state index in [1.165, 1.54) is 0 Å². The fraction of sp³-hybridized carbons (Fsp3) is 0.316. The van der Waals surface area contributed by atoms with Crippen molar-refractivity contribution in [1.82, 2.24) is 0 Å². The molecule has 0 aliphatic carbocycles. The summed E-state index contributed by atoms with van der Waals surface area (Å²) >= 11 is 0. The first kappa shape index (κ1) is 16.1. The molecule has 0 atom stereocenters. The summed E-state index contributed by atoms with van der Waals surface area (Å²) < 4.78 is 1.80. The number of nitrogens with zero attached hydrogens (tertiary/aromatic N) is 1. The number of hydrogen-bond donors (Lipinski definition) is 0. The smallest absolute Gasteiger partial charge is 0.227 e. The first-order valence-electron chi connectivity index (χ1n) is 7.81. The van der Waals surface area contributed by atoms with Gasteiger partial charge in [-0.2, -0.15) is 4.57 Å². The molecule has 114 valence electrons. The normalized spacial score (nSPS) is 10.4. The molecular formula is C19H22NO2+. The molecule has 0 bridgehead atoms. The Kier molecular flexibility index (Phi) is 6.01. The zero-order valence-corrected chi connectivity index (χ0v) is 13.0. The Hall–Kier alpha value is -2.29. The molecule has 1 heterocycles. The molecule has 0 fully saturated rings. The van der Waals surface area contributed by atoms with Crippen LogP contribution in [-0.4, -0.2) is 11.6 Å². The van der Waals surface area contributed by atoms with E-state index < -0.39 is 0 Å². The molecule has 0 N–H and O–H groups in total. The average molecular weight is 296 g/mol. The summed E-state index contributed by atoms with van der Waals surface area (Å²) in [5, 5.41) is 0. The Labute approximate surface area is 131 Å². The molecule has 2 rings (SSSR count). The van der Waals surface area contributed by atoms with E-state index in [9.17, 15) is 9.59 Å². The minimum Gasteiger partial charge on any atom is -0.294 e. The molecule has 0 amide bonds. The maximum absolute atomic E-state index is 12.1. The van der Waals surface area contributed by atoms with E-state index >= 15 is 0 Å². The molecule has 0 unspecified atom stereocenters. The monoisotopic (exact) mass is 296 g/mol. The molecule has 1 aromatic carbocycles. The van der Waals surface area contributed by atoms with Gasteiger partial charge in [0.1, 0.15) is 0 Å². The number of aromatic nitrogens is 1. The van der Waals surface area contributed by atoms with Crippen molar-refractivity contribution in [2.75, 3.05) is 0 Å². The zero-order chi connectivity index (χ0) is 15.8. The largest absolute Gasteiger partial charge is 0.294 e. The fourth-order valence-corrected chi connectivity index (χ4v) is 2.31. The quantitative estimate of drug-likeness (QED) is 0.424. The van der Waals surface area contributed by atoms with Crippen LogP contribution < -0.4 is 4.57 Å². The minimum absolute atomic E-state index is 0.0626. The van der Waals surface area contributed by atoms with Gasteiger partial charge in [-0.15, -0.1) is 0 Å². The van der Waals surface area contributed by atoms with Gasteiger partial charge in [-0.05, 0) is 6.42 Å². The van der Waals surface area contributed by atoms with Crippen LogP contribution in [-0.2, 0) is 6.54 Å². The van der Waals surface area contributed by atoms with Crippen LogP contribution in [0.5, 0.6) is 0 Å². The van der Waals surface area contributed by atoms with Crippen molar-refractivity contribution in [2.45, 2.75) is 39.2 Å². The van der Waals surface area contributed by atoms with Crippen LogP contribution in [0.1, 0.15) is 53.3 Å². The van der Waals surface area contributed by atoms with Crippen LogP contribution in [0.15, 0.2) is 54.9 Å². The lowest BCUT2D eigenvalue weighted by molar-refractivity contribution is -0.683. The maximum Gasteiger partial charge on any atom is 0.227 e. The predicted molar refractivity (Wildman–Crippen MR) is 85.9 cm³/mol. The van der Waals surface area contributed by atoms with Gasteiger partial charge < -0.3 is 0 Å². The minimum atomic E-state index is 0.0626. The molecule has 0 aliphatic heterocycles. The summed E-state index contributed by atoms with van der Waals surface area (Å²) in [6, 6.07) is 12.8. The molecule has 2 aromatic rings. The molecular weight excluding hydrogens is 274 g/mol. The van der Waals surface area contributed by atoms with Gasteiger partial charge >= 0.3 is 0 Å². The van der Waals surface area contributed by atoms with Crippen LogP contribution in [0.25, 0.3) is 0 Å². The third kappa shape index (κ3) is 4.62. The number of rotatable bonds is 8. The van der Waals surface area contributed by atoms with Crippen LogP contribution in [0.2, 0.25) is 0 Å². The molecule has 0 radical (unpaired) electrons. The summed E-state index contributed by atoms with van der Waals surface area (Å²) in [5.41, 5.74) is 1.43. The van der Waals surface area contributed by atoms with Crippen LogP contribution >= 0.6 is 0 Å². The number of benzene rings is 1. The Balaban J connectivity index is 1.94. The Morgan fingerprint density at radius 2 is 1.50 bits per heavy atom. The Morgan fingerprint density at radius 1 is 0.864 bits per heavy atom. The van der Waals surface area contributed by atoms with E-state index in [1.807, 2.05) is 30.3 Å². The number of Topliss-reactive ketones (excluding diaryl/α,β-unsaturated/α-hetero) is 2. The van der Waals surface area contributed by atoms with Gasteiger partial charge in [0.2, 0.25) is 12.3 Å². The van der Waals surface area contributed by atoms with Crippen LogP contribution in [0.4, 0.5) is 0 Å². The highest BCUT2D eigenvalue weighted by Crippen LogP contribution is 2.07. The van der Waals surface area contributed by atoms with E-state index in [0.717, 1.165) is 24.8 Å². The zero-order valence-electron chi connectivity index (χ0n) is 13.0. The van der Waals surface area contributed by atoms with E-state index in [1.54, 1.807) is 29.1 Å². The van der Waals surface area contributed by atoms with Gasteiger partial charge in [-0.1, -0.05) is 50.1 Å². The second kappa shape index (κ2) is 8.23. The van der Waals surface area contributed by atoms with Gasteiger partial charge in [-0.3, -0.25) is 9.59 Å². The summed E-state index contributed by atoms with van der Waals surface area (Å²) in [5.74, 6) is 0.239. The molecule has 3 nitrogen and oxygen atoms in total. The van der Waals surface area contributed by atoms with Crippen molar-refractivity contribution in [3.05, 3.63) is 66.0 Å². The summed E-state index contributed by atoms with van der Waals surface area (Å²) in [7, 11) is 0. The highest BCUT2D eigenvalue weighted by molar-refractivity contribution is 5.96. The van der Waals surface area contributed by atoms with Crippen LogP contribution in [0, 0.1) is 0 Å². The van der Waals surface area contributed by atoms with E-state index in [2.05, 4.69) is 6.92 Å². The van der Waals surface area contributed by atoms with Crippen LogP contribution in [0.3, 0.4) is 0 Å². The third-order valence-corrected chi connectivity index (χ3v) is 3.64. The highest BCUT2D eigenvalue weighted by Gasteiger charge is 2.13. The summed E-state index contributed by atoms with van der Waals surface area (Å²) in [6.45, 7) is 2.41. The number of pyridine rings is 1. The summed E-state index contributed by atoms with van der Waals surface area (Å²) in [6.07, 6.45) is 7.34. The van der Waals surface area contributed by atoms with Crippen molar-refractivity contribution in [3.8, 4) is 0 Å². The molecule has 0 saturated carbocycles. The van der Waals surface area contributed by atoms with E-state index in [4.69, 9.17) is 0 Å². The fourth-order valence-electron chi connectivity index (χ4n) is 2.31. The Bertz CT molecular complexity index is 618. The lowest BCUT2D eigenvalue weighted by Gasteiger charge is -2.01. The van der Waals surface area contributed by atoms with Crippen molar-refractivity contribution < 1.29 is 14.2 Å². The van der Waals surface area contributed by atoms with Crippen molar-refractivity contribution in [1.29, 1.82) is 0 Å². The number of unbranched alkanes of at least 4 members (excludes halogenated alkanes) is 2. The van der Waals surface area contributed by atoms with Crippen molar-refractivity contribution in [2.24, 2.45) is 0 Å². The maximum atomic E-state index is 12.1. The lowest BCUT2D eigenvalue weighted by atomic mass is 10.1. The highest BCUT2D eigenvalue weighted by atomic mass is 16.1. The van der Waals surface area contributed by atoms with Gasteiger partial charge in [0.05, 0.1) is 0 Å². The van der Waals surface area contributed by atoms with Gasteiger partial charge in [-0.25, -0.2) is 0 Å². The molecule has 1 aromatic heterocycles. The van der Waals surface area contributed by atoms with Gasteiger partial charge in [0.25, 0.3) is 0 Å². The van der Waals surface area contributed by atoms with E-state index in [-0.39, 0.29) is 18.1 Å². The predicted octanol–water partition coefficient (Wildman–Crippen LogP) is 3.62. The lowest BCUT2D eigenvalue weighted by Crippen LogP contribution is -2.37. The topological polar surface area (TPSA) is 38.0 Å². The standard InChI is InChI=1S/C19H22NO2/c1-2-3-5-10-18(21)17-11-13-20(14-12-17)15-19(22)16-8-6-4-7-9-16/h4,6-9,11-14H,2-3,5,10,15H2,1H3/q+1. The number of carbonyl (C=O) groups is 2. The summed E-state index contributed by atoms with van der Waals surface area (Å²) in [4.78, 5) is 24.1. The number of hydrogen-bond acceptors (Lipinski definition) is 2. The third-order valence-electron chi connectivity index (χ3n) is 3.64. The first-order valence-corrected chi connectivity index (χ1v) is 7.81. The van der Waals surface area contributed by atoms with Crippen molar-refractivity contribution >= 4 is 11.6 Å². The average Bonchev–Trinajstić information content (AvgIpc) is 2.56. The second-order valence-corrected chi connectivity index (χ2v) is 5.43. The van der Waals surface area contributed by atoms with Gasteiger partial charge in [0, 0.05) is 29.7 Å². The number of carbonyl (C=O) groups excluding carboxylic acids is 2. The second-order valence-electron chi connectivity index (χ2n) is 5.43. The molecule has 22 heavy (non-hydrogen) atoms. The SMILES string of the molecule is CCCCCC(=O)c1cc[n+](CC(=O)c2ccccc2)cc1. The molecule has 3 heteroatoms. The Morgan fingerprint density at radius 3 is 2.14 bits per heavy atom. The first-order chi connectivity index (χ1) is 10.7. The van der Waals surface area contributed by atoms with Crippen molar-refractivity contribution in [3.63, 3.8) is 0 Å². The van der Waals surface area contributed by atoms with Gasteiger partial charge in [0.15, 0.2) is 18.2 Å². The molecule has 0 aliphatic rings. The molecule has 0 saturated heterocycles. The number of ketones is 2. The molecule has 0 spiro atoms.